The molecular weight excluding hydrogens is 354 g/mol. The van der Waals surface area contributed by atoms with Gasteiger partial charge in [-0.15, -0.1) is 0 Å². The van der Waals surface area contributed by atoms with Crippen molar-refractivity contribution in [2.24, 2.45) is 0 Å². The molecule has 5 heteroatoms. The molecule has 0 saturated carbocycles. The van der Waals surface area contributed by atoms with Crippen LogP contribution < -0.4 is 10.1 Å². The van der Waals surface area contributed by atoms with Gasteiger partial charge in [0.15, 0.2) is 0 Å². The lowest BCUT2D eigenvalue weighted by Crippen LogP contribution is -2.31. The van der Waals surface area contributed by atoms with Gasteiger partial charge >= 0.3 is 5.97 Å². The Kier molecular flexibility index (Phi) is 6.79. The second kappa shape index (κ2) is 9.92. The predicted molar refractivity (Wildman–Crippen MR) is 107 cm³/mol. The number of nitrogens with one attached hydrogen (secondary N) is 1. The van der Waals surface area contributed by atoms with E-state index in [0.717, 1.165) is 11.1 Å². The van der Waals surface area contributed by atoms with Crippen molar-refractivity contribution >= 4 is 11.9 Å². The zero-order valence-electron chi connectivity index (χ0n) is 15.3. The molecule has 142 valence electrons. The highest BCUT2D eigenvalue weighted by Gasteiger charge is 2.09. The molecule has 0 spiro atoms. The van der Waals surface area contributed by atoms with Gasteiger partial charge in [-0.05, 0) is 35.4 Å². The second-order valence-corrected chi connectivity index (χ2v) is 6.01. The molecular formula is C23H21NO4. The Bertz CT molecular complexity index is 893. The Morgan fingerprint density at radius 2 is 1.32 bits per heavy atom. The first-order valence-corrected chi connectivity index (χ1v) is 8.99. The van der Waals surface area contributed by atoms with Crippen molar-refractivity contribution < 1.29 is 19.1 Å². The summed E-state index contributed by atoms with van der Waals surface area (Å²) in [6, 6.07) is 26.4. The van der Waals surface area contributed by atoms with Gasteiger partial charge in [0.2, 0.25) is 0 Å². The maximum atomic E-state index is 12.2. The molecule has 3 aromatic rings. The van der Waals surface area contributed by atoms with E-state index >= 15 is 0 Å². The van der Waals surface area contributed by atoms with E-state index in [1.807, 2.05) is 72.8 Å². The largest absolute Gasteiger partial charge is 0.490 e. The monoisotopic (exact) mass is 375 g/mol. The molecule has 0 aliphatic heterocycles. The maximum Gasteiger partial charge on any atom is 0.325 e. The lowest BCUT2D eigenvalue weighted by Gasteiger charge is -2.08. The fourth-order valence-electron chi connectivity index (χ4n) is 2.58. The third-order valence-electron chi connectivity index (χ3n) is 4.01. The summed E-state index contributed by atoms with van der Waals surface area (Å²) in [5.74, 6) is -0.117. The summed E-state index contributed by atoms with van der Waals surface area (Å²) < 4.78 is 10.5. The van der Waals surface area contributed by atoms with Crippen molar-refractivity contribution in [1.29, 1.82) is 0 Å². The number of hydrogen-bond acceptors (Lipinski definition) is 4. The molecule has 0 radical (unpaired) electrons. The molecule has 0 aliphatic rings. The number of esters is 1. The van der Waals surface area contributed by atoms with Gasteiger partial charge < -0.3 is 14.8 Å². The van der Waals surface area contributed by atoms with Crippen LogP contribution in [0.3, 0.4) is 0 Å². The van der Waals surface area contributed by atoms with Crippen LogP contribution in [-0.4, -0.2) is 31.6 Å². The summed E-state index contributed by atoms with van der Waals surface area (Å²) in [6.07, 6.45) is 0. The molecule has 1 N–H and O–H groups in total. The smallest absolute Gasteiger partial charge is 0.325 e. The second-order valence-electron chi connectivity index (χ2n) is 6.01. The van der Waals surface area contributed by atoms with E-state index in [1.165, 1.54) is 0 Å². The van der Waals surface area contributed by atoms with Crippen LogP contribution in [0.1, 0.15) is 10.4 Å². The fraction of sp³-hybridized carbons (Fsp3) is 0.130. The molecule has 0 heterocycles. The highest BCUT2D eigenvalue weighted by atomic mass is 16.6. The van der Waals surface area contributed by atoms with Crippen molar-refractivity contribution in [3.63, 3.8) is 0 Å². The maximum absolute atomic E-state index is 12.2. The molecule has 28 heavy (non-hydrogen) atoms. The van der Waals surface area contributed by atoms with Crippen LogP contribution in [0.4, 0.5) is 0 Å². The lowest BCUT2D eigenvalue weighted by atomic mass is 10.0. The summed E-state index contributed by atoms with van der Waals surface area (Å²) >= 11 is 0. The molecule has 0 aliphatic carbocycles. The standard InChI is InChI=1S/C23H21NO4/c25-22(28-16-15-27-21-9-5-2-6-10-21)17-24-23(26)20-13-11-19(12-14-20)18-7-3-1-4-8-18/h1-14H,15-17H2,(H,24,26). The first-order valence-electron chi connectivity index (χ1n) is 8.99. The average molecular weight is 375 g/mol. The Morgan fingerprint density at radius 1 is 0.714 bits per heavy atom. The van der Waals surface area contributed by atoms with Gasteiger partial charge in [-0.1, -0.05) is 60.7 Å². The quantitative estimate of drug-likeness (QED) is 0.482. The van der Waals surface area contributed by atoms with E-state index in [0.29, 0.717) is 11.3 Å². The fourth-order valence-corrected chi connectivity index (χ4v) is 2.58. The van der Waals surface area contributed by atoms with Crippen LogP contribution >= 0.6 is 0 Å². The van der Waals surface area contributed by atoms with E-state index in [4.69, 9.17) is 9.47 Å². The van der Waals surface area contributed by atoms with Crippen LogP contribution in [0.15, 0.2) is 84.9 Å². The van der Waals surface area contributed by atoms with Crippen LogP contribution in [0.25, 0.3) is 11.1 Å². The first kappa shape index (κ1) is 19.2. The van der Waals surface area contributed by atoms with Gasteiger partial charge in [-0.2, -0.15) is 0 Å². The minimum absolute atomic E-state index is 0.120. The van der Waals surface area contributed by atoms with E-state index in [2.05, 4.69) is 5.32 Å². The zero-order valence-corrected chi connectivity index (χ0v) is 15.3. The molecule has 0 aromatic heterocycles. The summed E-state index contributed by atoms with van der Waals surface area (Å²) in [5.41, 5.74) is 2.59. The van der Waals surface area contributed by atoms with Crippen LogP contribution in [0, 0.1) is 0 Å². The van der Waals surface area contributed by atoms with E-state index in [1.54, 1.807) is 12.1 Å². The van der Waals surface area contributed by atoms with Crippen molar-refractivity contribution in [2.75, 3.05) is 19.8 Å². The van der Waals surface area contributed by atoms with Crippen molar-refractivity contribution in [2.45, 2.75) is 0 Å². The Morgan fingerprint density at radius 3 is 2.00 bits per heavy atom. The van der Waals surface area contributed by atoms with Gasteiger partial charge in [0.25, 0.3) is 5.91 Å². The number of ether oxygens (including phenoxy) is 2. The molecule has 3 rings (SSSR count). The third-order valence-corrected chi connectivity index (χ3v) is 4.01. The van der Waals surface area contributed by atoms with E-state index < -0.39 is 5.97 Å². The van der Waals surface area contributed by atoms with Crippen LogP contribution in [0.5, 0.6) is 5.75 Å². The molecule has 0 saturated heterocycles. The molecule has 0 atom stereocenters. The topological polar surface area (TPSA) is 64.6 Å². The van der Waals surface area contributed by atoms with Crippen molar-refractivity contribution in [3.05, 3.63) is 90.5 Å². The Labute approximate surface area is 163 Å². The van der Waals surface area contributed by atoms with Gasteiger partial charge in [-0.25, -0.2) is 0 Å². The number of amides is 1. The summed E-state index contributed by atoms with van der Waals surface area (Å²) in [7, 11) is 0. The lowest BCUT2D eigenvalue weighted by molar-refractivity contribution is -0.143. The van der Waals surface area contributed by atoms with Crippen LogP contribution in [-0.2, 0) is 9.53 Å². The van der Waals surface area contributed by atoms with Gasteiger partial charge in [0.05, 0.1) is 0 Å². The van der Waals surface area contributed by atoms with Gasteiger partial charge in [-0.3, -0.25) is 9.59 Å². The van der Waals surface area contributed by atoms with Crippen LogP contribution in [0.2, 0.25) is 0 Å². The van der Waals surface area contributed by atoms with Crippen molar-refractivity contribution in [3.8, 4) is 16.9 Å². The first-order chi connectivity index (χ1) is 13.7. The SMILES string of the molecule is O=C(CNC(=O)c1ccc(-c2ccccc2)cc1)OCCOc1ccccc1. The Balaban J connectivity index is 1.39. The molecule has 5 nitrogen and oxygen atoms in total. The molecule has 1 amide bonds. The average Bonchev–Trinajstić information content (AvgIpc) is 2.76. The van der Waals surface area contributed by atoms with Crippen molar-refractivity contribution in [1.82, 2.24) is 5.32 Å². The third kappa shape index (κ3) is 5.71. The summed E-state index contributed by atoms with van der Waals surface area (Å²) in [5, 5.41) is 2.56. The van der Waals surface area contributed by atoms with E-state index in [9.17, 15) is 9.59 Å². The number of carbonyl (C=O) groups excluding carboxylic acids is 2. The highest BCUT2D eigenvalue weighted by molar-refractivity contribution is 5.96. The molecule has 0 bridgehead atoms. The Hall–Kier alpha value is -3.60. The molecule has 0 unspecified atom stereocenters. The van der Waals surface area contributed by atoms with E-state index in [-0.39, 0.29) is 25.7 Å². The number of rotatable bonds is 8. The normalized spacial score (nSPS) is 10.1. The predicted octanol–water partition coefficient (Wildman–Crippen LogP) is 3.71. The summed E-state index contributed by atoms with van der Waals surface area (Å²) in [6.45, 7) is 0.185. The zero-order chi connectivity index (χ0) is 19.6. The molecule has 0 fully saturated rings. The number of benzene rings is 3. The van der Waals surface area contributed by atoms with Gasteiger partial charge in [0, 0.05) is 5.56 Å². The van der Waals surface area contributed by atoms with Gasteiger partial charge in [0.1, 0.15) is 25.5 Å². The molecule has 3 aromatic carbocycles. The summed E-state index contributed by atoms with van der Waals surface area (Å²) in [4.78, 5) is 23.9. The minimum Gasteiger partial charge on any atom is -0.490 e. The highest BCUT2D eigenvalue weighted by Crippen LogP contribution is 2.19. The number of para-hydroxylation sites is 1. The minimum atomic E-state index is -0.508. The number of hydrogen-bond donors (Lipinski definition) is 1. The number of carbonyl (C=O) groups is 2.